The third-order valence-corrected chi connectivity index (χ3v) is 0.967. The van der Waals surface area contributed by atoms with Crippen LogP contribution in [0.1, 0.15) is 6.92 Å². The molecule has 0 aromatic heterocycles. The molecule has 0 aromatic rings. The summed E-state index contributed by atoms with van der Waals surface area (Å²) in [6, 6.07) is 0. The van der Waals surface area contributed by atoms with Crippen LogP contribution in [0.15, 0.2) is 11.6 Å². The maximum absolute atomic E-state index is 10.2. The molecule has 0 bridgehead atoms. The molecular weight excluding hydrogens is 90.1 g/mol. The number of hydrogen-bond donors (Lipinski definition) is 1. The van der Waals surface area contributed by atoms with E-state index in [2.05, 4.69) is 0 Å². The summed E-state index contributed by atoms with van der Waals surface area (Å²) in [7, 11) is 0. The summed E-state index contributed by atoms with van der Waals surface area (Å²) in [5.74, 6) is -0.0949. The third kappa shape index (κ3) is 0.393. The fraction of sp³-hybridized carbons (Fsp3) is 0.200. The van der Waals surface area contributed by atoms with Crippen molar-refractivity contribution in [2.24, 2.45) is 0 Å². The normalized spacial score (nSPS) is 23.9. The largest absolute Gasteiger partial charge is 0.296 e. The second kappa shape index (κ2) is 1.03. The van der Waals surface area contributed by atoms with Gasteiger partial charge in [0.1, 0.15) is 5.71 Å². The van der Waals surface area contributed by atoms with Gasteiger partial charge in [0.25, 0.3) is 0 Å². The van der Waals surface area contributed by atoms with E-state index in [1.54, 1.807) is 13.0 Å². The number of carbonyl (C=O) groups is 1. The number of Topliss-reactive ketones (excluding diaryl/α,β-unsaturated/α-hetero) is 1. The van der Waals surface area contributed by atoms with Gasteiger partial charge in [-0.15, -0.1) is 0 Å². The number of nitrogens with one attached hydrogen (secondary N) is 1. The minimum Gasteiger partial charge on any atom is -0.296 e. The van der Waals surface area contributed by atoms with Crippen molar-refractivity contribution < 1.29 is 4.79 Å². The molecule has 7 heavy (non-hydrogen) atoms. The number of allylic oxidation sites excluding steroid dienone is 2. The Bertz CT molecular complexity index is 151. The molecule has 36 valence electrons. The van der Waals surface area contributed by atoms with Crippen molar-refractivity contribution in [3.8, 4) is 0 Å². The average Bonchev–Trinajstić information content (AvgIpc) is 2.17. The monoisotopic (exact) mass is 95.0 g/mol. The van der Waals surface area contributed by atoms with Gasteiger partial charge in [-0.25, -0.2) is 0 Å². The molecule has 0 saturated heterocycles. The summed E-state index contributed by atoms with van der Waals surface area (Å²) in [5, 5.41) is 6.76. The van der Waals surface area contributed by atoms with Gasteiger partial charge in [-0.1, -0.05) is 6.08 Å². The Morgan fingerprint density at radius 1 is 1.71 bits per heavy atom. The van der Waals surface area contributed by atoms with Crippen molar-refractivity contribution in [3.05, 3.63) is 11.6 Å². The van der Waals surface area contributed by atoms with E-state index in [9.17, 15) is 4.79 Å². The van der Waals surface area contributed by atoms with Crippen LogP contribution in [0.5, 0.6) is 0 Å². The molecule has 1 rings (SSSR count). The molecule has 1 N–H and O–H groups in total. The lowest BCUT2D eigenvalue weighted by Crippen LogP contribution is -1.60. The SMILES string of the molecule is C/C=C1\C(=N)C1=O. The van der Waals surface area contributed by atoms with Crippen molar-refractivity contribution in [1.29, 1.82) is 5.41 Å². The summed E-state index contributed by atoms with van der Waals surface area (Å²) in [6.07, 6.45) is 1.66. The number of ketones is 1. The second-order valence-electron chi connectivity index (χ2n) is 1.41. The molecule has 0 spiro atoms. The van der Waals surface area contributed by atoms with Gasteiger partial charge in [-0.3, -0.25) is 10.2 Å². The minimum atomic E-state index is -0.0949. The Balaban J connectivity index is 2.92. The molecule has 2 nitrogen and oxygen atoms in total. The summed E-state index contributed by atoms with van der Waals surface area (Å²) >= 11 is 0. The van der Waals surface area contributed by atoms with E-state index >= 15 is 0 Å². The van der Waals surface area contributed by atoms with Crippen molar-refractivity contribution in [1.82, 2.24) is 0 Å². The highest BCUT2D eigenvalue weighted by Crippen LogP contribution is 2.15. The van der Waals surface area contributed by atoms with Gasteiger partial charge in [-0.2, -0.15) is 0 Å². The Morgan fingerprint density at radius 3 is 2.14 bits per heavy atom. The summed E-state index contributed by atoms with van der Waals surface area (Å²) in [4.78, 5) is 10.2. The van der Waals surface area contributed by atoms with Crippen LogP contribution in [0, 0.1) is 5.41 Å². The molecule has 2 heteroatoms. The molecule has 1 aliphatic carbocycles. The predicted octanol–water partition coefficient (Wildman–Crippen LogP) is 0.535. The Kier molecular flexibility index (Phi) is 0.622. The van der Waals surface area contributed by atoms with E-state index < -0.39 is 0 Å². The van der Waals surface area contributed by atoms with Crippen LogP contribution in [-0.2, 0) is 4.79 Å². The second-order valence-corrected chi connectivity index (χ2v) is 1.41. The smallest absolute Gasteiger partial charge is 0.213 e. The van der Waals surface area contributed by atoms with Crippen LogP contribution in [0.3, 0.4) is 0 Å². The molecule has 0 atom stereocenters. The topological polar surface area (TPSA) is 40.9 Å². The summed E-state index contributed by atoms with van der Waals surface area (Å²) in [6.45, 7) is 1.76. The van der Waals surface area contributed by atoms with E-state index in [4.69, 9.17) is 5.41 Å². The first-order valence-electron chi connectivity index (χ1n) is 2.07. The van der Waals surface area contributed by atoms with Gasteiger partial charge in [0.15, 0.2) is 0 Å². The van der Waals surface area contributed by atoms with Crippen molar-refractivity contribution in [2.75, 3.05) is 0 Å². The van der Waals surface area contributed by atoms with Crippen LogP contribution in [0.25, 0.3) is 0 Å². The van der Waals surface area contributed by atoms with Crippen molar-refractivity contribution in [3.63, 3.8) is 0 Å². The summed E-state index contributed by atoms with van der Waals surface area (Å²) in [5.41, 5.74) is 0.766. The maximum atomic E-state index is 10.2. The first-order valence-corrected chi connectivity index (χ1v) is 2.07. The Labute approximate surface area is 41.4 Å². The van der Waals surface area contributed by atoms with Crippen LogP contribution < -0.4 is 0 Å². The number of hydrogen-bond acceptors (Lipinski definition) is 2. The van der Waals surface area contributed by atoms with E-state index in [-0.39, 0.29) is 11.5 Å². The highest BCUT2D eigenvalue weighted by atomic mass is 16.1. The standard InChI is InChI=1S/C5H5NO/c1-2-3-4(6)5(3)7/h2,6H,1H3/b3-2+,6-4?. The molecule has 1 aliphatic rings. The number of carbonyl (C=O) groups excluding carboxylic acids is 1. The molecule has 1 fully saturated rings. The average molecular weight is 95.1 g/mol. The molecular formula is C5H5NO. The maximum Gasteiger partial charge on any atom is 0.213 e. The molecule has 0 aromatic carbocycles. The molecule has 0 amide bonds. The highest BCUT2D eigenvalue weighted by molar-refractivity contribution is 6.75. The van der Waals surface area contributed by atoms with Gasteiger partial charge in [0.05, 0.1) is 0 Å². The predicted molar refractivity (Wildman–Crippen MR) is 26.5 cm³/mol. The molecule has 0 heterocycles. The van der Waals surface area contributed by atoms with E-state index in [1.807, 2.05) is 0 Å². The van der Waals surface area contributed by atoms with E-state index in [0.29, 0.717) is 5.57 Å². The van der Waals surface area contributed by atoms with E-state index in [1.165, 1.54) is 0 Å². The molecule has 0 unspecified atom stereocenters. The zero-order valence-electron chi connectivity index (χ0n) is 3.99. The van der Waals surface area contributed by atoms with Gasteiger partial charge in [0.2, 0.25) is 5.78 Å². The first kappa shape index (κ1) is 4.24. The van der Waals surface area contributed by atoms with Crippen molar-refractivity contribution in [2.45, 2.75) is 6.92 Å². The summed E-state index contributed by atoms with van der Waals surface area (Å²) < 4.78 is 0. The lowest BCUT2D eigenvalue weighted by molar-refractivity contribution is -0.106. The van der Waals surface area contributed by atoms with Crippen molar-refractivity contribution >= 4 is 11.5 Å². The van der Waals surface area contributed by atoms with Crippen LogP contribution >= 0.6 is 0 Å². The van der Waals surface area contributed by atoms with Crippen LogP contribution in [0.4, 0.5) is 0 Å². The zero-order valence-corrected chi connectivity index (χ0v) is 3.99. The lowest BCUT2D eigenvalue weighted by atomic mass is 10.5. The van der Waals surface area contributed by atoms with E-state index in [0.717, 1.165) is 0 Å². The molecule has 1 saturated carbocycles. The fourth-order valence-electron chi connectivity index (χ4n) is 0.459. The van der Waals surface area contributed by atoms with Gasteiger partial charge >= 0.3 is 0 Å². The first-order chi connectivity index (χ1) is 3.27. The highest BCUT2D eigenvalue weighted by Gasteiger charge is 2.34. The van der Waals surface area contributed by atoms with Crippen LogP contribution in [0.2, 0.25) is 0 Å². The quantitative estimate of drug-likeness (QED) is 0.438. The molecule has 0 aliphatic heterocycles. The van der Waals surface area contributed by atoms with Gasteiger partial charge in [0, 0.05) is 5.57 Å². The number of rotatable bonds is 0. The molecule has 0 radical (unpaired) electrons. The zero-order chi connectivity index (χ0) is 5.44. The van der Waals surface area contributed by atoms with Gasteiger partial charge in [-0.05, 0) is 6.92 Å². The Morgan fingerprint density at radius 2 is 2.14 bits per heavy atom. The fourth-order valence-corrected chi connectivity index (χ4v) is 0.459. The van der Waals surface area contributed by atoms with Gasteiger partial charge < -0.3 is 0 Å². The minimum absolute atomic E-state index is 0.0949. The third-order valence-electron chi connectivity index (χ3n) is 0.967. The lowest BCUT2D eigenvalue weighted by Gasteiger charge is -1.51. The van der Waals surface area contributed by atoms with Crippen LogP contribution in [-0.4, -0.2) is 11.5 Å². The Hall–Kier alpha value is -0.920.